The average Bonchev–Trinajstić information content (AvgIpc) is 2.83. The van der Waals surface area contributed by atoms with Crippen LogP contribution in [0.25, 0.3) is 0 Å². The predicted molar refractivity (Wildman–Crippen MR) is 136 cm³/mol. The number of likely N-dealkylation sites (tertiary alicyclic amines) is 1. The minimum absolute atomic E-state index is 0.0912. The predicted octanol–water partition coefficient (Wildman–Crippen LogP) is 1.88. The van der Waals surface area contributed by atoms with Gasteiger partial charge in [0.25, 0.3) is 0 Å². The van der Waals surface area contributed by atoms with Gasteiger partial charge in [0.1, 0.15) is 6.04 Å². The molecule has 1 saturated heterocycles. The van der Waals surface area contributed by atoms with E-state index >= 15 is 0 Å². The van der Waals surface area contributed by atoms with Crippen molar-refractivity contribution in [1.82, 2.24) is 15.5 Å². The number of carbonyl (C=O) groups excluding carboxylic acids is 3. The highest BCUT2D eigenvalue weighted by atomic mass is 35.5. The lowest BCUT2D eigenvalue weighted by Gasteiger charge is -2.45. The fourth-order valence-electron chi connectivity index (χ4n) is 4.60. The minimum Gasteiger partial charge on any atom is -0.481 e. The fraction of sp³-hybridized carbons (Fsp3) is 0.600. The van der Waals surface area contributed by atoms with E-state index in [1.165, 1.54) is 18.9 Å². The summed E-state index contributed by atoms with van der Waals surface area (Å²) in [6, 6.07) is 4.69. The Balaban J connectivity index is 2.38. The number of rotatable bonds is 12. The maximum absolute atomic E-state index is 13.4. The number of nitrogens with two attached hydrogens (primary N) is 1. The smallest absolute Gasteiger partial charge is 0.389 e. The Kier molecular flexibility index (Phi) is 11.6. The zero-order valence-electron chi connectivity index (χ0n) is 21.7. The first kappa shape index (κ1) is 32.3. The maximum Gasteiger partial charge on any atom is 0.389 e. The molecule has 218 valence electrons. The van der Waals surface area contributed by atoms with Gasteiger partial charge in [-0.05, 0) is 43.9 Å². The Hall–Kier alpha value is -2.90. The molecule has 39 heavy (non-hydrogen) atoms. The molecular weight excluding hydrogens is 545 g/mol. The first-order chi connectivity index (χ1) is 18.1. The van der Waals surface area contributed by atoms with E-state index in [0.717, 1.165) is 5.56 Å². The highest BCUT2D eigenvalue weighted by molar-refractivity contribution is 6.30. The molecule has 1 aliphatic heterocycles. The highest BCUT2D eigenvalue weighted by Crippen LogP contribution is 2.32. The van der Waals surface area contributed by atoms with E-state index in [1.807, 2.05) is 0 Å². The van der Waals surface area contributed by atoms with Crippen LogP contribution in [0, 0.1) is 5.92 Å². The number of aliphatic carboxylic acids is 1. The molecule has 1 aromatic rings. The number of methoxy groups -OCH3 is 1. The molecule has 0 aromatic heterocycles. The largest absolute Gasteiger partial charge is 0.481 e. The lowest BCUT2D eigenvalue weighted by atomic mass is 9.82. The third kappa shape index (κ3) is 10.3. The minimum atomic E-state index is -4.74. The number of carboxylic acid groups (broad SMARTS) is 1. The number of benzene rings is 1. The molecule has 0 saturated carbocycles. The summed E-state index contributed by atoms with van der Waals surface area (Å²) in [5.74, 6) is -5.52. The molecule has 1 aromatic carbocycles. The number of amides is 3. The number of carbonyl (C=O) groups is 4. The number of carboxylic acids is 1. The van der Waals surface area contributed by atoms with E-state index in [4.69, 9.17) is 27.2 Å². The van der Waals surface area contributed by atoms with Crippen LogP contribution in [0.15, 0.2) is 24.3 Å². The van der Waals surface area contributed by atoms with Crippen molar-refractivity contribution in [2.75, 3.05) is 26.8 Å². The molecule has 1 heterocycles. The number of nitrogens with zero attached hydrogens (tertiary/aromatic N) is 1. The van der Waals surface area contributed by atoms with Crippen LogP contribution < -0.4 is 16.4 Å². The Morgan fingerprint density at radius 3 is 2.38 bits per heavy atom. The lowest BCUT2D eigenvalue weighted by molar-refractivity contribution is -0.164. The molecule has 1 aliphatic rings. The van der Waals surface area contributed by atoms with Gasteiger partial charge in [-0.15, -0.1) is 0 Å². The van der Waals surface area contributed by atoms with Gasteiger partial charge in [-0.3, -0.25) is 19.2 Å². The molecule has 0 radical (unpaired) electrons. The van der Waals surface area contributed by atoms with Crippen molar-refractivity contribution in [3.05, 3.63) is 34.9 Å². The molecule has 4 unspecified atom stereocenters. The summed E-state index contributed by atoms with van der Waals surface area (Å²) in [6.45, 7) is 1.18. The van der Waals surface area contributed by atoms with E-state index < -0.39 is 66.2 Å². The summed E-state index contributed by atoms with van der Waals surface area (Å²) in [5.41, 5.74) is 5.19. The Bertz CT molecular complexity index is 1020. The van der Waals surface area contributed by atoms with Crippen LogP contribution in [0.3, 0.4) is 0 Å². The Morgan fingerprint density at radius 1 is 1.21 bits per heavy atom. The number of nitrogens with one attached hydrogen (secondary N) is 2. The van der Waals surface area contributed by atoms with Gasteiger partial charge >= 0.3 is 12.1 Å². The molecule has 2 rings (SSSR count). The lowest BCUT2D eigenvalue weighted by Crippen LogP contribution is -2.65. The van der Waals surface area contributed by atoms with Crippen LogP contribution in [0.2, 0.25) is 5.02 Å². The van der Waals surface area contributed by atoms with Gasteiger partial charge in [-0.25, -0.2) is 0 Å². The maximum atomic E-state index is 13.4. The topological polar surface area (TPSA) is 151 Å². The number of hydrogen-bond donors (Lipinski definition) is 4. The summed E-state index contributed by atoms with van der Waals surface area (Å²) < 4.78 is 44.6. The Labute approximate surface area is 229 Å². The van der Waals surface area contributed by atoms with Gasteiger partial charge in [0.15, 0.2) is 0 Å². The second-order valence-corrected chi connectivity index (χ2v) is 10.3. The third-order valence-corrected chi connectivity index (χ3v) is 6.61. The van der Waals surface area contributed by atoms with Crippen molar-refractivity contribution < 1.29 is 42.2 Å². The number of piperidine rings is 1. The normalized spacial score (nSPS) is 20.0. The summed E-state index contributed by atoms with van der Waals surface area (Å²) in [5, 5.41) is 15.0. The molecule has 5 N–H and O–H groups in total. The average molecular weight is 579 g/mol. The van der Waals surface area contributed by atoms with Gasteiger partial charge < -0.3 is 31.1 Å². The zero-order chi connectivity index (χ0) is 29.4. The summed E-state index contributed by atoms with van der Waals surface area (Å²) in [7, 11) is 1.34. The molecule has 3 amide bonds. The third-order valence-electron chi connectivity index (χ3n) is 6.36. The summed E-state index contributed by atoms with van der Waals surface area (Å²) >= 11 is 5.99. The fourth-order valence-corrected chi connectivity index (χ4v) is 4.73. The molecule has 4 atom stereocenters. The van der Waals surface area contributed by atoms with E-state index in [0.29, 0.717) is 17.9 Å². The van der Waals surface area contributed by atoms with Gasteiger partial charge in [0.2, 0.25) is 17.7 Å². The second-order valence-electron chi connectivity index (χ2n) is 9.86. The van der Waals surface area contributed by atoms with E-state index in [2.05, 4.69) is 10.6 Å². The molecule has 1 fully saturated rings. The van der Waals surface area contributed by atoms with Crippen LogP contribution in [-0.2, 0) is 30.3 Å². The first-order valence-corrected chi connectivity index (χ1v) is 12.7. The van der Waals surface area contributed by atoms with Crippen molar-refractivity contribution in [1.29, 1.82) is 0 Å². The highest BCUT2D eigenvalue weighted by Gasteiger charge is 2.44. The summed E-state index contributed by atoms with van der Waals surface area (Å²) in [4.78, 5) is 51.1. The van der Waals surface area contributed by atoms with Crippen LogP contribution in [0.1, 0.15) is 38.2 Å². The molecule has 10 nitrogen and oxygen atoms in total. The summed E-state index contributed by atoms with van der Waals surface area (Å²) in [6.07, 6.45) is -6.44. The first-order valence-electron chi connectivity index (χ1n) is 12.3. The van der Waals surface area contributed by atoms with Crippen molar-refractivity contribution >= 4 is 35.3 Å². The van der Waals surface area contributed by atoms with Crippen molar-refractivity contribution in [2.24, 2.45) is 11.7 Å². The van der Waals surface area contributed by atoms with Crippen molar-refractivity contribution in [3.63, 3.8) is 0 Å². The number of alkyl halides is 3. The van der Waals surface area contributed by atoms with Crippen LogP contribution in [-0.4, -0.2) is 84.3 Å². The van der Waals surface area contributed by atoms with Crippen molar-refractivity contribution in [2.45, 2.75) is 62.8 Å². The number of hydrogen-bond acceptors (Lipinski definition) is 6. The van der Waals surface area contributed by atoms with Crippen LogP contribution >= 0.6 is 11.6 Å². The van der Waals surface area contributed by atoms with Gasteiger partial charge in [-0.2, -0.15) is 13.2 Å². The zero-order valence-corrected chi connectivity index (χ0v) is 22.5. The van der Waals surface area contributed by atoms with E-state index in [-0.39, 0.29) is 26.1 Å². The number of halogens is 4. The van der Waals surface area contributed by atoms with Crippen LogP contribution in [0.5, 0.6) is 0 Å². The van der Waals surface area contributed by atoms with E-state index in [9.17, 15) is 32.3 Å². The monoisotopic (exact) mass is 578 g/mol. The molecule has 0 aliphatic carbocycles. The molecule has 0 spiro atoms. The standard InChI is InChI=1S/C25H34ClF3N4O6/c1-15(30)21(36)31-19(13-39-2)22(37)32-24(11-16-4-6-18(26)7-5-16)8-3-9-33(14-24)23(38)17(10-20(34)35)12-25(27,28)29/h4-7,15,17,19H,3,8-14,30H2,1-2H3,(H,31,36)(H,32,37)(H,34,35). The quantitative estimate of drug-likeness (QED) is 0.296. The SMILES string of the molecule is COCC(NC(=O)C(C)N)C(=O)NC1(Cc2ccc(Cl)cc2)CCCN(C(=O)C(CC(=O)O)CC(F)(F)F)C1. The van der Waals surface area contributed by atoms with Crippen LogP contribution in [0.4, 0.5) is 13.2 Å². The van der Waals surface area contributed by atoms with E-state index in [1.54, 1.807) is 24.3 Å². The van der Waals surface area contributed by atoms with Gasteiger partial charge in [0.05, 0.1) is 36.9 Å². The Morgan fingerprint density at radius 2 is 1.85 bits per heavy atom. The molecule has 14 heteroatoms. The molecule has 0 bridgehead atoms. The van der Waals surface area contributed by atoms with Crippen molar-refractivity contribution in [3.8, 4) is 0 Å². The molecular formula is C25H34ClF3N4O6. The van der Waals surface area contributed by atoms with Gasteiger partial charge in [0, 0.05) is 25.2 Å². The second kappa shape index (κ2) is 13.9. The van der Waals surface area contributed by atoms with Gasteiger partial charge in [-0.1, -0.05) is 23.7 Å². The number of ether oxygens (including phenoxy) is 1.